The number of carbonyl (C=O) groups is 2. The summed E-state index contributed by atoms with van der Waals surface area (Å²) in [5.41, 5.74) is 3.79. The number of amides is 1. The molecule has 41 heavy (non-hydrogen) atoms. The number of aliphatic hydroxyl groups is 1. The van der Waals surface area contributed by atoms with Crippen molar-refractivity contribution < 1.29 is 24.2 Å². The van der Waals surface area contributed by atoms with E-state index in [1.165, 1.54) is 16.2 Å². The van der Waals surface area contributed by atoms with Gasteiger partial charge in [0.2, 0.25) is 0 Å². The Labute approximate surface area is 240 Å². The van der Waals surface area contributed by atoms with E-state index in [0.29, 0.717) is 33.5 Å². The Morgan fingerprint density at radius 3 is 2.34 bits per heavy atom. The van der Waals surface area contributed by atoms with Crippen molar-refractivity contribution in [2.45, 2.75) is 19.9 Å². The predicted molar refractivity (Wildman–Crippen MR) is 160 cm³/mol. The maximum absolute atomic E-state index is 13.7. The zero-order chi connectivity index (χ0) is 28.7. The van der Waals surface area contributed by atoms with Gasteiger partial charge in [0.15, 0.2) is 5.13 Å². The van der Waals surface area contributed by atoms with Gasteiger partial charge >= 0.3 is 5.91 Å². The molecule has 0 aliphatic carbocycles. The minimum Gasteiger partial charge on any atom is -0.507 e. The number of anilines is 1. The second kappa shape index (κ2) is 10.6. The number of ketones is 1. The van der Waals surface area contributed by atoms with E-state index in [1.54, 1.807) is 49.6 Å². The molecule has 1 aliphatic heterocycles. The quantitative estimate of drug-likeness (QED) is 0.132. The number of para-hydroxylation sites is 1. The highest BCUT2D eigenvalue weighted by atomic mass is 32.1. The molecule has 1 unspecified atom stereocenters. The molecule has 1 fully saturated rings. The lowest BCUT2D eigenvalue weighted by atomic mass is 9.95. The summed E-state index contributed by atoms with van der Waals surface area (Å²) >= 11 is 1.34. The lowest BCUT2D eigenvalue weighted by Gasteiger charge is -2.23. The molecule has 2 heterocycles. The summed E-state index contributed by atoms with van der Waals surface area (Å²) in [7, 11) is 1.55. The van der Waals surface area contributed by atoms with Crippen molar-refractivity contribution in [3.63, 3.8) is 0 Å². The van der Waals surface area contributed by atoms with Gasteiger partial charge in [-0.25, -0.2) is 4.98 Å². The number of aromatic nitrogens is 1. The molecule has 1 saturated heterocycles. The molecule has 1 amide bonds. The van der Waals surface area contributed by atoms with E-state index in [2.05, 4.69) is 0 Å². The number of methoxy groups -OCH3 is 1. The largest absolute Gasteiger partial charge is 0.507 e. The van der Waals surface area contributed by atoms with Crippen molar-refractivity contribution in [2.75, 3.05) is 12.0 Å². The summed E-state index contributed by atoms with van der Waals surface area (Å²) in [6, 6.07) is 26.3. The van der Waals surface area contributed by atoms with E-state index in [-0.39, 0.29) is 11.3 Å². The normalized spacial score (nSPS) is 16.4. The van der Waals surface area contributed by atoms with Gasteiger partial charge in [0.1, 0.15) is 23.0 Å². The van der Waals surface area contributed by atoms with Gasteiger partial charge < -0.3 is 14.6 Å². The minimum absolute atomic E-state index is 0.0239. The van der Waals surface area contributed by atoms with Crippen molar-refractivity contribution in [2.24, 2.45) is 0 Å². The van der Waals surface area contributed by atoms with Crippen LogP contribution >= 0.6 is 11.3 Å². The van der Waals surface area contributed by atoms with Crippen LogP contribution in [0.25, 0.3) is 16.0 Å². The maximum Gasteiger partial charge on any atom is 0.301 e. The first kappa shape index (κ1) is 26.3. The molecule has 6 rings (SSSR count). The molecule has 0 bridgehead atoms. The number of hydrogen-bond acceptors (Lipinski definition) is 7. The topological polar surface area (TPSA) is 89.0 Å². The minimum atomic E-state index is -0.932. The van der Waals surface area contributed by atoms with E-state index in [9.17, 15) is 14.7 Å². The fraction of sp³-hybridized carbons (Fsp3) is 0.121. The Morgan fingerprint density at radius 2 is 1.61 bits per heavy atom. The van der Waals surface area contributed by atoms with Gasteiger partial charge in [-0.3, -0.25) is 14.5 Å². The highest BCUT2D eigenvalue weighted by Gasteiger charge is 2.48. The Morgan fingerprint density at radius 1 is 0.878 bits per heavy atom. The number of fused-ring (bicyclic) bond motifs is 1. The van der Waals surface area contributed by atoms with Gasteiger partial charge in [-0.2, -0.15) is 0 Å². The monoisotopic (exact) mass is 562 g/mol. The van der Waals surface area contributed by atoms with E-state index in [1.807, 2.05) is 62.4 Å². The molecule has 204 valence electrons. The molecule has 0 spiro atoms. The summed E-state index contributed by atoms with van der Waals surface area (Å²) in [6.45, 7) is 3.98. The van der Waals surface area contributed by atoms with E-state index >= 15 is 0 Å². The number of rotatable bonds is 6. The molecule has 1 N–H and O–H groups in total. The molecule has 1 aliphatic rings. The highest BCUT2D eigenvalue weighted by molar-refractivity contribution is 7.22. The third kappa shape index (κ3) is 4.83. The first-order chi connectivity index (χ1) is 19.8. The van der Waals surface area contributed by atoms with E-state index in [4.69, 9.17) is 14.5 Å². The first-order valence-corrected chi connectivity index (χ1v) is 13.8. The van der Waals surface area contributed by atoms with Gasteiger partial charge in [0.25, 0.3) is 5.78 Å². The van der Waals surface area contributed by atoms with Crippen LogP contribution in [-0.4, -0.2) is 28.9 Å². The van der Waals surface area contributed by atoms with E-state index in [0.717, 1.165) is 21.3 Å². The van der Waals surface area contributed by atoms with Crippen LogP contribution in [0.15, 0.2) is 96.6 Å². The Balaban J connectivity index is 1.53. The zero-order valence-corrected chi connectivity index (χ0v) is 23.4. The smallest absolute Gasteiger partial charge is 0.301 e. The van der Waals surface area contributed by atoms with Crippen molar-refractivity contribution in [1.82, 2.24) is 4.98 Å². The van der Waals surface area contributed by atoms with Crippen LogP contribution in [0.2, 0.25) is 0 Å². The third-order valence-electron chi connectivity index (χ3n) is 6.99. The number of carbonyl (C=O) groups excluding carboxylic acids is 2. The summed E-state index contributed by atoms with van der Waals surface area (Å²) in [4.78, 5) is 33.5. The van der Waals surface area contributed by atoms with Gasteiger partial charge in [-0.05, 0) is 85.1 Å². The lowest BCUT2D eigenvalue weighted by molar-refractivity contribution is -0.132. The maximum atomic E-state index is 13.7. The number of thiazole rings is 1. The molecular formula is C33H26N2O5S. The van der Waals surface area contributed by atoms with Crippen LogP contribution < -0.4 is 14.4 Å². The summed E-state index contributed by atoms with van der Waals surface area (Å²) in [5, 5.41) is 11.9. The molecule has 7 nitrogen and oxygen atoms in total. The van der Waals surface area contributed by atoms with Crippen molar-refractivity contribution in [3.8, 4) is 17.2 Å². The fourth-order valence-electron chi connectivity index (χ4n) is 5.08. The molecule has 1 aromatic heterocycles. The summed E-state index contributed by atoms with van der Waals surface area (Å²) in [6.07, 6.45) is 0. The SMILES string of the molecule is COc1ccc(C(O)=C2C(=O)C(=O)N(c3nc4c(C)cc(C)cc4s3)C2c2cccc(Oc3ccccc3)c2)cc1. The van der Waals surface area contributed by atoms with Crippen LogP contribution in [0.1, 0.15) is 28.3 Å². The van der Waals surface area contributed by atoms with Crippen LogP contribution in [0.4, 0.5) is 5.13 Å². The number of hydrogen-bond donors (Lipinski definition) is 1. The second-order valence-electron chi connectivity index (χ2n) is 9.81. The molecule has 8 heteroatoms. The number of aryl methyl sites for hydroxylation is 2. The number of aliphatic hydroxyl groups excluding tert-OH is 1. The van der Waals surface area contributed by atoms with Gasteiger partial charge in [0, 0.05) is 5.56 Å². The van der Waals surface area contributed by atoms with Gasteiger partial charge in [0.05, 0.1) is 28.9 Å². The van der Waals surface area contributed by atoms with Gasteiger partial charge in [-0.15, -0.1) is 0 Å². The fourth-order valence-corrected chi connectivity index (χ4v) is 6.25. The number of nitrogens with zero attached hydrogens (tertiary/aromatic N) is 2. The molecule has 4 aromatic carbocycles. The standard InChI is InChI=1S/C33H26N2O5S/c1-19-16-20(2)28-26(17-19)41-33(34-28)35-29(22-8-7-11-25(18-22)40-24-9-5-4-6-10-24)27(31(37)32(35)38)30(36)21-12-14-23(39-3)15-13-21/h4-18,29,36H,1-3H3. The van der Waals surface area contributed by atoms with Crippen molar-refractivity contribution in [1.29, 1.82) is 0 Å². The molecule has 0 saturated carbocycles. The third-order valence-corrected chi connectivity index (χ3v) is 7.99. The van der Waals surface area contributed by atoms with Crippen LogP contribution in [0.3, 0.4) is 0 Å². The number of ether oxygens (including phenoxy) is 2. The van der Waals surface area contributed by atoms with Gasteiger partial charge in [-0.1, -0.05) is 47.7 Å². The van der Waals surface area contributed by atoms with Crippen molar-refractivity contribution >= 4 is 44.1 Å². The average molecular weight is 563 g/mol. The number of benzene rings is 4. The molecule has 0 radical (unpaired) electrons. The van der Waals surface area contributed by atoms with E-state index < -0.39 is 17.7 Å². The Bertz CT molecular complexity index is 1830. The van der Waals surface area contributed by atoms with Crippen LogP contribution in [-0.2, 0) is 9.59 Å². The van der Waals surface area contributed by atoms with Crippen LogP contribution in [0, 0.1) is 13.8 Å². The zero-order valence-electron chi connectivity index (χ0n) is 22.6. The first-order valence-electron chi connectivity index (χ1n) is 13.0. The number of Topliss-reactive ketones (excluding diaryl/α,β-unsaturated/α-hetero) is 1. The second-order valence-corrected chi connectivity index (χ2v) is 10.8. The predicted octanol–water partition coefficient (Wildman–Crippen LogP) is 7.34. The Kier molecular flexibility index (Phi) is 6.77. The molecular weight excluding hydrogens is 536 g/mol. The Hall–Kier alpha value is -4.95. The van der Waals surface area contributed by atoms with Crippen LogP contribution in [0.5, 0.6) is 17.2 Å². The molecule has 1 atom stereocenters. The molecule has 5 aromatic rings. The average Bonchev–Trinajstić information content (AvgIpc) is 3.51. The lowest BCUT2D eigenvalue weighted by Crippen LogP contribution is -2.29. The summed E-state index contributed by atoms with van der Waals surface area (Å²) < 4.78 is 12.2. The van der Waals surface area contributed by atoms with Crippen molar-refractivity contribution in [3.05, 3.63) is 119 Å². The highest BCUT2D eigenvalue weighted by Crippen LogP contribution is 2.45. The summed E-state index contributed by atoms with van der Waals surface area (Å²) in [5.74, 6) is -0.0448.